The molecule has 1 amide bonds. The van der Waals surface area contributed by atoms with Crippen molar-refractivity contribution in [1.82, 2.24) is 15.2 Å². The van der Waals surface area contributed by atoms with Gasteiger partial charge in [0.15, 0.2) is 9.84 Å². The van der Waals surface area contributed by atoms with Gasteiger partial charge in [0.2, 0.25) is 0 Å². The highest BCUT2D eigenvalue weighted by Gasteiger charge is 2.44. The van der Waals surface area contributed by atoms with Gasteiger partial charge in [-0.05, 0) is 12.1 Å². The Morgan fingerprint density at radius 2 is 2.21 bits per heavy atom. The van der Waals surface area contributed by atoms with Crippen molar-refractivity contribution >= 4 is 27.1 Å². The van der Waals surface area contributed by atoms with Gasteiger partial charge in [-0.2, -0.15) is 0 Å². The molecule has 8 heteroatoms. The van der Waals surface area contributed by atoms with E-state index >= 15 is 0 Å². The molecule has 2 aliphatic heterocycles. The van der Waals surface area contributed by atoms with Crippen LogP contribution < -0.4 is 5.32 Å². The Hall–Kier alpha value is -1.77. The topological polar surface area (TPSA) is 79.4 Å². The zero-order valence-corrected chi connectivity index (χ0v) is 14.5. The molecular weight excluding hydrogens is 346 g/mol. The Balaban J connectivity index is 1.63. The molecule has 0 bridgehead atoms. The number of rotatable bonds is 2. The first-order valence-corrected chi connectivity index (χ1v) is 10.5. The number of nitrogens with one attached hydrogen (secondary N) is 1. The molecule has 0 spiro atoms. The lowest BCUT2D eigenvalue weighted by Crippen LogP contribution is -2.59. The minimum Gasteiger partial charge on any atom is -0.332 e. The summed E-state index contributed by atoms with van der Waals surface area (Å²) in [5.41, 5.74) is 1.48. The molecule has 0 radical (unpaired) electrons. The van der Waals surface area contributed by atoms with Gasteiger partial charge >= 0.3 is 0 Å². The number of thiazole rings is 1. The van der Waals surface area contributed by atoms with E-state index in [-0.39, 0.29) is 29.5 Å². The summed E-state index contributed by atoms with van der Waals surface area (Å²) in [6.45, 7) is 1.14. The van der Waals surface area contributed by atoms with E-state index < -0.39 is 9.84 Å². The third-order valence-electron chi connectivity index (χ3n) is 4.53. The number of amides is 1. The van der Waals surface area contributed by atoms with Crippen LogP contribution in [-0.2, 0) is 9.84 Å². The molecule has 4 rings (SSSR count). The maximum atomic E-state index is 13.0. The molecular formula is C16H17N3O3S2. The third-order valence-corrected chi connectivity index (χ3v) is 7.07. The molecule has 0 saturated carbocycles. The van der Waals surface area contributed by atoms with Crippen molar-refractivity contribution in [2.45, 2.75) is 12.1 Å². The average molecular weight is 363 g/mol. The summed E-state index contributed by atoms with van der Waals surface area (Å²) in [6.07, 6.45) is 1.73. The van der Waals surface area contributed by atoms with Crippen molar-refractivity contribution in [3.8, 4) is 10.6 Å². The fraction of sp³-hybridized carbons (Fsp3) is 0.375. The largest absolute Gasteiger partial charge is 0.332 e. The van der Waals surface area contributed by atoms with Crippen LogP contribution in [0.4, 0.5) is 0 Å². The monoisotopic (exact) mass is 363 g/mol. The van der Waals surface area contributed by atoms with Gasteiger partial charge in [0, 0.05) is 41.8 Å². The van der Waals surface area contributed by atoms with Gasteiger partial charge < -0.3 is 10.2 Å². The number of carbonyl (C=O) groups is 1. The smallest absolute Gasteiger partial charge is 0.254 e. The van der Waals surface area contributed by atoms with Crippen LogP contribution in [0.5, 0.6) is 0 Å². The van der Waals surface area contributed by atoms with Crippen LogP contribution in [0.2, 0.25) is 0 Å². The summed E-state index contributed by atoms with van der Waals surface area (Å²) in [4.78, 5) is 19.0. The lowest BCUT2D eigenvalue weighted by Gasteiger charge is -2.37. The van der Waals surface area contributed by atoms with E-state index in [0.29, 0.717) is 18.7 Å². The van der Waals surface area contributed by atoms with E-state index in [9.17, 15) is 13.2 Å². The molecule has 126 valence electrons. The van der Waals surface area contributed by atoms with Crippen molar-refractivity contribution in [3.63, 3.8) is 0 Å². The predicted octanol–water partition coefficient (Wildman–Crippen LogP) is 1.02. The number of carbonyl (C=O) groups excluding carboxylic acids is 1. The second kappa shape index (κ2) is 5.94. The first-order valence-electron chi connectivity index (χ1n) is 7.78. The van der Waals surface area contributed by atoms with Crippen LogP contribution in [0, 0.1) is 0 Å². The van der Waals surface area contributed by atoms with E-state index in [1.807, 2.05) is 23.6 Å². The minimum atomic E-state index is -3.09. The molecule has 2 fully saturated rings. The highest BCUT2D eigenvalue weighted by atomic mass is 32.2. The maximum Gasteiger partial charge on any atom is 0.254 e. The normalized spacial score (nSPS) is 25.4. The molecule has 0 unspecified atom stereocenters. The van der Waals surface area contributed by atoms with Gasteiger partial charge in [-0.15, -0.1) is 11.3 Å². The highest BCUT2D eigenvalue weighted by Crippen LogP contribution is 2.26. The molecule has 2 aromatic rings. The van der Waals surface area contributed by atoms with Gasteiger partial charge in [0.25, 0.3) is 5.91 Å². The summed E-state index contributed by atoms with van der Waals surface area (Å²) >= 11 is 1.52. The SMILES string of the molecule is O=C(c1cccc(-c2nccs2)c1)N1CCN[C@H]2CS(=O)(=O)C[C@H]21. The van der Waals surface area contributed by atoms with Crippen LogP contribution in [-0.4, -0.2) is 60.9 Å². The molecule has 2 saturated heterocycles. The summed E-state index contributed by atoms with van der Waals surface area (Å²) in [6, 6.07) is 6.95. The van der Waals surface area contributed by atoms with Crippen LogP contribution in [0.15, 0.2) is 35.8 Å². The predicted molar refractivity (Wildman–Crippen MR) is 92.8 cm³/mol. The zero-order chi connectivity index (χ0) is 16.7. The number of benzene rings is 1. The third kappa shape index (κ3) is 2.85. The molecule has 2 atom stereocenters. The maximum absolute atomic E-state index is 13.0. The standard InChI is InChI=1S/C16H17N3O3S2/c20-16(12-3-1-2-11(8-12)15-18-5-7-23-15)19-6-4-17-13-9-24(21,22)10-14(13)19/h1-3,5,7-8,13-14,17H,4,6,9-10H2/t13-,14+/m0/s1. The molecule has 24 heavy (non-hydrogen) atoms. The Bertz CT molecular complexity index is 864. The fourth-order valence-electron chi connectivity index (χ4n) is 3.44. The second-order valence-corrected chi connectivity index (χ2v) is 9.17. The summed E-state index contributed by atoms with van der Waals surface area (Å²) in [7, 11) is -3.09. The molecule has 1 aromatic carbocycles. The first kappa shape index (κ1) is 15.7. The van der Waals surface area contributed by atoms with Crippen LogP contribution >= 0.6 is 11.3 Å². The summed E-state index contributed by atoms with van der Waals surface area (Å²) in [5.74, 6) is 0.0467. The summed E-state index contributed by atoms with van der Waals surface area (Å²) < 4.78 is 23.9. The first-order chi connectivity index (χ1) is 11.5. The number of hydrogen-bond donors (Lipinski definition) is 1. The van der Waals surface area contributed by atoms with E-state index in [1.165, 1.54) is 11.3 Å². The molecule has 6 nitrogen and oxygen atoms in total. The lowest BCUT2D eigenvalue weighted by atomic mass is 10.0. The Labute approximate surface area is 144 Å². The average Bonchev–Trinajstić information content (AvgIpc) is 3.19. The van der Waals surface area contributed by atoms with Gasteiger partial charge in [-0.1, -0.05) is 12.1 Å². The second-order valence-electron chi connectivity index (χ2n) is 6.12. The number of sulfone groups is 1. The molecule has 0 aliphatic carbocycles. The minimum absolute atomic E-state index is 0.0442. The number of fused-ring (bicyclic) bond motifs is 1. The Morgan fingerprint density at radius 1 is 1.33 bits per heavy atom. The molecule has 2 aliphatic rings. The number of nitrogens with zero attached hydrogens (tertiary/aromatic N) is 2. The van der Waals surface area contributed by atoms with Crippen molar-refractivity contribution in [2.24, 2.45) is 0 Å². The van der Waals surface area contributed by atoms with Crippen LogP contribution in [0.3, 0.4) is 0 Å². The Morgan fingerprint density at radius 3 is 3.00 bits per heavy atom. The number of piperazine rings is 1. The van der Waals surface area contributed by atoms with Crippen molar-refractivity contribution in [1.29, 1.82) is 0 Å². The van der Waals surface area contributed by atoms with E-state index in [4.69, 9.17) is 0 Å². The molecule has 3 heterocycles. The molecule has 1 aromatic heterocycles. The van der Waals surface area contributed by atoms with Crippen molar-refractivity contribution in [3.05, 3.63) is 41.4 Å². The fourth-order valence-corrected chi connectivity index (χ4v) is 6.03. The van der Waals surface area contributed by atoms with Gasteiger partial charge in [-0.25, -0.2) is 13.4 Å². The van der Waals surface area contributed by atoms with E-state index in [2.05, 4.69) is 10.3 Å². The van der Waals surface area contributed by atoms with Crippen LogP contribution in [0.1, 0.15) is 10.4 Å². The van der Waals surface area contributed by atoms with Gasteiger partial charge in [0.05, 0.1) is 17.5 Å². The summed E-state index contributed by atoms with van der Waals surface area (Å²) in [5, 5.41) is 5.99. The van der Waals surface area contributed by atoms with E-state index in [1.54, 1.807) is 17.2 Å². The van der Waals surface area contributed by atoms with Crippen LogP contribution in [0.25, 0.3) is 10.6 Å². The highest BCUT2D eigenvalue weighted by molar-refractivity contribution is 7.91. The van der Waals surface area contributed by atoms with E-state index in [0.717, 1.165) is 10.6 Å². The van der Waals surface area contributed by atoms with Gasteiger partial charge in [-0.3, -0.25) is 4.79 Å². The Kier molecular flexibility index (Phi) is 3.90. The number of hydrogen-bond acceptors (Lipinski definition) is 6. The van der Waals surface area contributed by atoms with Gasteiger partial charge in [0.1, 0.15) is 5.01 Å². The lowest BCUT2D eigenvalue weighted by molar-refractivity contribution is 0.0621. The van der Waals surface area contributed by atoms with Crippen molar-refractivity contribution < 1.29 is 13.2 Å². The zero-order valence-electron chi connectivity index (χ0n) is 12.9. The molecule has 1 N–H and O–H groups in total. The number of aromatic nitrogens is 1. The quantitative estimate of drug-likeness (QED) is 0.862. The van der Waals surface area contributed by atoms with Crippen molar-refractivity contribution in [2.75, 3.05) is 24.6 Å².